The number of aliphatic hydroxyl groups excluding tert-OH is 1. The van der Waals surface area contributed by atoms with Gasteiger partial charge in [-0.05, 0) is 32.2 Å². The first-order chi connectivity index (χ1) is 6.40. The number of hydrogen-bond donors (Lipinski definition) is 1. The molecule has 1 heterocycles. The fraction of sp³-hybridized carbons (Fsp3) is 1.00. The molecular weight excluding hydrogens is 166 g/mol. The smallest absolute Gasteiger partial charge is 0.0703 e. The minimum atomic E-state index is 0.153. The second-order valence-electron chi connectivity index (χ2n) is 4.08. The Balaban J connectivity index is 1.71. The van der Waals surface area contributed by atoms with Crippen molar-refractivity contribution in [3.05, 3.63) is 0 Å². The molecule has 1 atom stereocenters. The minimum Gasteiger partial charge on any atom is -0.394 e. The van der Waals surface area contributed by atoms with Gasteiger partial charge in [0.15, 0.2) is 0 Å². The normalized spacial score (nSPS) is 30.7. The molecular formula is C10H19NO2. The maximum Gasteiger partial charge on any atom is 0.0703 e. The zero-order valence-corrected chi connectivity index (χ0v) is 8.11. The van der Waals surface area contributed by atoms with E-state index in [1.165, 1.54) is 32.2 Å². The van der Waals surface area contributed by atoms with E-state index in [1.54, 1.807) is 0 Å². The monoisotopic (exact) mass is 185 g/mol. The Bertz CT molecular complexity index is 159. The summed E-state index contributed by atoms with van der Waals surface area (Å²) in [5.41, 5.74) is 0. The van der Waals surface area contributed by atoms with Crippen LogP contribution in [0.5, 0.6) is 0 Å². The lowest BCUT2D eigenvalue weighted by Crippen LogP contribution is -2.41. The van der Waals surface area contributed by atoms with Gasteiger partial charge >= 0.3 is 0 Å². The van der Waals surface area contributed by atoms with Crippen molar-refractivity contribution < 1.29 is 9.84 Å². The average molecular weight is 185 g/mol. The van der Waals surface area contributed by atoms with Crippen molar-refractivity contribution in [2.75, 3.05) is 26.3 Å². The quantitative estimate of drug-likeness (QED) is 0.697. The first-order valence-electron chi connectivity index (χ1n) is 5.36. The highest BCUT2D eigenvalue weighted by atomic mass is 16.5. The van der Waals surface area contributed by atoms with E-state index in [-0.39, 0.29) is 6.61 Å². The summed E-state index contributed by atoms with van der Waals surface area (Å²) in [6, 6.07) is 0.862. The molecule has 0 bridgehead atoms. The van der Waals surface area contributed by atoms with E-state index in [0.717, 1.165) is 12.6 Å². The van der Waals surface area contributed by atoms with E-state index < -0.39 is 0 Å². The Kier molecular flexibility index (Phi) is 3.19. The minimum absolute atomic E-state index is 0.153. The van der Waals surface area contributed by atoms with Gasteiger partial charge in [-0.3, -0.25) is 4.90 Å². The number of likely N-dealkylation sites (tertiary alicyclic amines) is 1. The van der Waals surface area contributed by atoms with Crippen LogP contribution in [0.15, 0.2) is 0 Å². The van der Waals surface area contributed by atoms with Crippen molar-refractivity contribution in [2.24, 2.45) is 0 Å². The third-order valence-electron chi connectivity index (χ3n) is 2.92. The Morgan fingerprint density at radius 2 is 2.15 bits per heavy atom. The fourth-order valence-electron chi connectivity index (χ4n) is 2.09. The van der Waals surface area contributed by atoms with Crippen LogP contribution in [0.1, 0.15) is 25.7 Å². The van der Waals surface area contributed by atoms with Crippen LogP contribution in [0.4, 0.5) is 0 Å². The van der Waals surface area contributed by atoms with Crippen molar-refractivity contribution in [3.63, 3.8) is 0 Å². The third-order valence-corrected chi connectivity index (χ3v) is 2.92. The molecule has 0 spiro atoms. The van der Waals surface area contributed by atoms with E-state index in [4.69, 9.17) is 9.84 Å². The summed E-state index contributed by atoms with van der Waals surface area (Å²) in [5, 5.41) is 8.65. The van der Waals surface area contributed by atoms with Gasteiger partial charge in [0.1, 0.15) is 0 Å². The van der Waals surface area contributed by atoms with Crippen molar-refractivity contribution >= 4 is 0 Å². The molecule has 3 heteroatoms. The molecule has 1 aliphatic heterocycles. The van der Waals surface area contributed by atoms with E-state index in [0.29, 0.717) is 12.7 Å². The molecule has 1 saturated heterocycles. The molecule has 0 amide bonds. The second kappa shape index (κ2) is 4.40. The molecule has 3 nitrogen and oxygen atoms in total. The summed E-state index contributed by atoms with van der Waals surface area (Å²) in [7, 11) is 0. The number of rotatable bonds is 4. The number of aliphatic hydroxyl groups is 1. The molecule has 0 radical (unpaired) electrons. The van der Waals surface area contributed by atoms with Crippen LogP contribution >= 0.6 is 0 Å². The zero-order valence-electron chi connectivity index (χ0n) is 8.11. The molecule has 0 aromatic carbocycles. The van der Waals surface area contributed by atoms with E-state index in [2.05, 4.69) is 4.90 Å². The summed E-state index contributed by atoms with van der Waals surface area (Å²) in [4.78, 5) is 2.55. The van der Waals surface area contributed by atoms with Gasteiger partial charge in [0.05, 0.1) is 19.3 Å². The van der Waals surface area contributed by atoms with Crippen LogP contribution in [0.3, 0.4) is 0 Å². The van der Waals surface area contributed by atoms with Crippen LogP contribution in [-0.2, 0) is 4.74 Å². The SMILES string of the molecule is OCCOC1CCCN(C2CC2)C1. The Hall–Kier alpha value is -0.120. The Labute approximate surface area is 79.7 Å². The predicted molar refractivity (Wildman–Crippen MR) is 50.7 cm³/mol. The molecule has 76 valence electrons. The van der Waals surface area contributed by atoms with Gasteiger partial charge in [-0.15, -0.1) is 0 Å². The second-order valence-corrected chi connectivity index (χ2v) is 4.08. The van der Waals surface area contributed by atoms with Crippen molar-refractivity contribution in [2.45, 2.75) is 37.8 Å². The fourth-order valence-corrected chi connectivity index (χ4v) is 2.09. The van der Waals surface area contributed by atoms with Crippen molar-refractivity contribution in [1.29, 1.82) is 0 Å². The zero-order chi connectivity index (χ0) is 9.10. The van der Waals surface area contributed by atoms with Crippen molar-refractivity contribution in [3.8, 4) is 0 Å². The average Bonchev–Trinajstić information content (AvgIpc) is 2.98. The number of piperidine rings is 1. The lowest BCUT2D eigenvalue weighted by atomic mass is 10.1. The summed E-state index contributed by atoms with van der Waals surface area (Å²) in [6.45, 7) is 3.00. The lowest BCUT2D eigenvalue weighted by Gasteiger charge is -2.32. The number of ether oxygens (including phenoxy) is 1. The molecule has 1 unspecified atom stereocenters. The molecule has 13 heavy (non-hydrogen) atoms. The van der Waals surface area contributed by atoms with Gasteiger partial charge in [-0.25, -0.2) is 0 Å². The van der Waals surface area contributed by atoms with Gasteiger partial charge < -0.3 is 9.84 Å². The standard InChI is InChI=1S/C10H19NO2/c12-6-7-13-10-2-1-5-11(8-10)9-3-4-9/h9-10,12H,1-8H2. The molecule has 1 saturated carbocycles. The van der Waals surface area contributed by atoms with E-state index >= 15 is 0 Å². The first-order valence-corrected chi connectivity index (χ1v) is 5.36. The lowest BCUT2D eigenvalue weighted by molar-refractivity contribution is -0.0163. The highest BCUT2D eigenvalue weighted by Gasteiger charge is 2.32. The van der Waals surface area contributed by atoms with Gasteiger partial charge in [-0.1, -0.05) is 0 Å². The van der Waals surface area contributed by atoms with Crippen LogP contribution in [0.2, 0.25) is 0 Å². The van der Waals surface area contributed by atoms with Crippen LogP contribution in [0, 0.1) is 0 Å². The van der Waals surface area contributed by atoms with Gasteiger partial charge in [-0.2, -0.15) is 0 Å². The number of hydrogen-bond acceptors (Lipinski definition) is 3. The van der Waals surface area contributed by atoms with Gasteiger partial charge in [0.25, 0.3) is 0 Å². The summed E-state index contributed by atoms with van der Waals surface area (Å²) >= 11 is 0. The van der Waals surface area contributed by atoms with Gasteiger partial charge in [0, 0.05) is 12.6 Å². The summed E-state index contributed by atoms with van der Waals surface area (Å²) in [6.07, 6.45) is 5.57. The Morgan fingerprint density at radius 1 is 1.31 bits per heavy atom. The molecule has 2 rings (SSSR count). The maximum atomic E-state index is 8.65. The van der Waals surface area contributed by atoms with E-state index in [1.807, 2.05) is 0 Å². The molecule has 2 aliphatic rings. The van der Waals surface area contributed by atoms with Crippen LogP contribution < -0.4 is 0 Å². The van der Waals surface area contributed by atoms with Crippen molar-refractivity contribution in [1.82, 2.24) is 4.90 Å². The first kappa shape index (κ1) is 9.44. The number of nitrogens with zero attached hydrogens (tertiary/aromatic N) is 1. The molecule has 1 N–H and O–H groups in total. The highest BCUT2D eigenvalue weighted by molar-refractivity contribution is 4.88. The predicted octanol–water partition coefficient (Wildman–Crippen LogP) is 0.622. The molecule has 2 fully saturated rings. The molecule has 1 aliphatic carbocycles. The topological polar surface area (TPSA) is 32.7 Å². The highest BCUT2D eigenvalue weighted by Crippen LogP contribution is 2.29. The molecule has 0 aromatic heterocycles. The maximum absolute atomic E-state index is 8.65. The third kappa shape index (κ3) is 2.66. The molecule has 0 aromatic rings. The summed E-state index contributed by atoms with van der Waals surface area (Å²) < 4.78 is 5.55. The van der Waals surface area contributed by atoms with Crippen LogP contribution in [-0.4, -0.2) is 48.5 Å². The largest absolute Gasteiger partial charge is 0.394 e. The summed E-state index contributed by atoms with van der Waals surface area (Å²) in [5.74, 6) is 0. The van der Waals surface area contributed by atoms with Gasteiger partial charge in [0.2, 0.25) is 0 Å². The van der Waals surface area contributed by atoms with Crippen LogP contribution in [0.25, 0.3) is 0 Å². The van der Waals surface area contributed by atoms with E-state index in [9.17, 15) is 0 Å². The Morgan fingerprint density at radius 3 is 2.85 bits per heavy atom.